The lowest BCUT2D eigenvalue weighted by Crippen LogP contribution is -1.84. The molecule has 0 bridgehead atoms. The molecule has 1 aliphatic heterocycles. The minimum absolute atomic E-state index is 0.691. The van der Waals surface area contributed by atoms with E-state index in [2.05, 4.69) is 6.42 Å². The molecule has 0 aliphatic carbocycles. The molecule has 1 aliphatic rings. The first kappa shape index (κ1) is 6.80. The maximum atomic E-state index is 5.29. The number of fused-ring (bicyclic) bond motifs is 1. The van der Waals surface area contributed by atoms with Crippen LogP contribution in [0.1, 0.15) is 11.1 Å². The second-order valence-electron chi connectivity index (χ2n) is 2.43. The van der Waals surface area contributed by atoms with Gasteiger partial charge in [-0.3, -0.25) is 0 Å². The minimum Gasteiger partial charge on any atom is -0.493 e. The highest BCUT2D eigenvalue weighted by molar-refractivity contribution is 7.79. The van der Waals surface area contributed by atoms with Crippen molar-refractivity contribution in [1.82, 2.24) is 0 Å². The molecule has 0 atom stereocenters. The first-order chi connectivity index (χ1) is 5.40. The largest absolute Gasteiger partial charge is 0.493 e. The molecule has 1 radical (unpaired) electrons. The van der Waals surface area contributed by atoms with Gasteiger partial charge in [0.15, 0.2) is 0 Å². The second kappa shape index (κ2) is 2.62. The molecule has 0 fully saturated rings. The summed E-state index contributed by atoms with van der Waals surface area (Å²) >= 11 is 4.81. The Labute approximate surface area is 71.0 Å². The smallest absolute Gasteiger partial charge is 0.122 e. The molecule has 0 aromatic heterocycles. The Morgan fingerprint density at radius 2 is 2.36 bits per heavy atom. The van der Waals surface area contributed by atoms with Crippen LogP contribution in [0.4, 0.5) is 0 Å². The molecule has 2 rings (SSSR count). The fourth-order valence-corrected chi connectivity index (χ4v) is 1.30. The number of benzene rings is 1. The van der Waals surface area contributed by atoms with Gasteiger partial charge in [-0.1, -0.05) is 18.3 Å². The highest BCUT2D eigenvalue weighted by atomic mass is 32.1. The van der Waals surface area contributed by atoms with Crippen molar-refractivity contribution >= 4 is 17.6 Å². The van der Waals surface area contributed by atoms with Crippen LogP contribution < -0.4 is 4.74 Å². The summed E-state index contributed by atoms with van der Waals surface area (Å²) in [4.78, 5) is 0. The molecule has 0 saturated carbocycles. The van der Waals surface area contributed by atoms with Gasteiger partial charge in [0.1, 0.15) is 5.75 Å². The first-order valence-electron chi connectivity index (χ1n) is 3.45. The third kappa shape index (κ3) is 1.14. The SMILES string of the molecule is S=Cc1ccc2c(c1)[CH]CO2. The Kier molecular flexibility index (Phi) is 1.62. The maximum Gasteiger partial charge on any atom is 0.122 e. The van der Waals surface area contributed by atoms with Gasteiger partial charge in [0.2, 0.25) is 0 Å². The van der Waals surface area contributed by atoms with Gasteiger partial charge in [0.05, 0.1) is 6.61 Å². The predicted octanol–water partition coefficient (Wildman–Crippen LogP) is 1.98. The van der Waals surface area contributed by atoms with E-state index in [-0.39, 0.29) is 0 Å². The number of ether oxygens (including phenoxy) is 1. The number of hydrogen-bond donors (Lipinski definition) is 0. The van der Waals surface area contributed by atoms with Gasteiger partial charge >= 0.3 is 0 Å². The number of rotatable bonds is 1. The maximum absolute atomic E-state index is 5.29. The molecule has 0 amide bonds. The molecular weight excluding hydrogens is 156 g/mol. The standard InChI is InChI=1S/C9H7OS/c11-6-7-1-2-9-8(5-7)3-4-10-9/h1-3,5-6H,4H2. The van der Waals surface area contributed by atoms with Crippen molar-refractivity contribution in [2.75, 3.05) is 6.61 Å². The lowest BCUT2D eigenvalue weighted by atomic mass is 10.1. The van der Waals surface area contributed by atoms with Crippen LogP contribution in [-0.4, -0.2) is 12.0 Å². The Morgan fingerprint density at radius 3 is 3.18 bits per heavy atom. The van der Waals surface area contributed by atoms with Crippen molar-refractivity contribution in [3.05, 3.63) is 35.7 Å². The fourth-order valence-electron chi connectivity index (χ4n) is 1.15. The summed E-state index contributed by atoms with van der Waals surface area (Å²) in [6.07, 6.45) is 2.05. The Morgan fingerprint density at radius 1 is 1.45 bits per heavy atom. The summed E-state index contributed by atoms with van der Waals surface area (Å²) in [7, 11) is 0. The fraction of sp³-hybridized carbons (Fsp3) is 0.111. The van der Waals surface area contributed by atoms with Gasteiger partial charge in [-0.2, -0.15) is 0 Å². The monoisotopic (exact) mass is 163 g/mol. The van der Waals surface area contributed by atoms with Crippen LogP contribution in [0.5, 0.6) is 5.75 Å². The van der Waals surface area contributed by atoms with Gasteiger partial charge in [-0.15, -0.1) is 0 Å². The van der Waals surface area contributed by atoms with Crippen LogP contribution in [-0.2, 0) is 0 Å². The molecule has 0 spiro atoms. The van der Waals surface area contributed by atoms with E-state index < -0.39 is 0 Å². The van der Waals surface area contributed by atoms with Crippen molar-refractivity contribution in [1.29, 1.82) is 0 Å². The van der Waals surface area contributed by atoms with Crippen LogP contribution >= 0.6 is 12.2 Å². The zero-order chi connectivity index (χ0) is 7.68. The average molecular weight is 163 g/mol. The lowest BCUT2D eigenvalue weighted by Gasteiger charge is -1.97. The Bertz CT molecular complexity index is 294. The van der Waals surface area contributed by atoms with Crippen LogP contribution in [0, 0.1) is 6.42 Å². The second-order valence-corrected chi connectivity index (χ2v) is 2.67. The van der Waals surface area contributed by atoms with Crippen molar-refractivity contribution in [3.8, 4) is 5.75 Å². The van der Waals surface area contributed by atoms with Gasteiger partial charge in [-0.05, 0) is 17.7 Å². The summed E-state index contributed by atoms with van der Waals surface area (Å²) in [6, 6.07) is 5.96. The molecule has 11 heavy (non-hydrogen) atoms. The minimum atomic E-state index is 0.691. The van der Waals surface area contributed by atoms with E-state index in [1.165, 1.54) is 0 Å². The van der Waals surface area contributed by atoms with Crippen molar-refractivity contribution in [2.45, 2.75) is 0 Å². The third-order valence-electron chi connectivity index (χ3n) is 1.71. The lowest BCUT2D eigenvalue weighted by molar-refractivity contribution is 0.377. The highest BCUT2D eigenvalue weighted by Crippen LogP contribution is 2.26. The predicted molar refractivity (Wildman–Crippen MR) is 48.1 cm³/mol. The van der Waals surface area contributed by atoms with E-state index in [1.807, 2.05) is 18.2 Å². The van der Waals surface area contributed by atoms with Gasteiger partial charge in [0.25, 0.3) is 0 Å². The zero-order valence-electron chi connectivity index (χ0n) is 5.91. The Balaban J connectivity index is 2.48. The van der Waals surface area contributed by atoms with Crippen molar-refractivity contribution in [2.24, 2.45) is 0 Å². The summed E-state index contributed by atoms with van der Waals surface area (Å²) in [6.45, 7) is 0.691. The number of thiocarbonyl (C=S) groups is 1. The average Bonchev–Trinajstić information content (AvgIpc) is 2.50. The molecule has 1 nitrogen and oxygen atoms in total. The van der Waals surface area contributed by atoms with Crippen LogP contribution in [0.3, 0.4) is 0 Å². The summed E-state index contributed by atoms with van der Waals surface area (Å²) in [5, 5.41) is 1.67. The molecule has 55 valence electrons. The first-order valence-corrected chi connectivity index (χ1v) is 3.92. The summed E-state index contributed by atoms with van der Waals surface area (Å²) < 4.78 is 5.29. The Hall–Kier alpha value is -0.890. The van der Waals surface area contributed by atoms with E-state index in [0.717, 1.165) is 16.9 Å². The van der Waals surface area contributed by atoms with E-state index in [1.54, 1.807) is 5.37 Å². The molecule has 0 saturated heterocycles. The molecular formula is C9H7OS. The third-order valence-corrected chi connectivity index (χ3v) is 1.98. The molecule has 2 heteroatoms. The van der Waals surface area contributed by atoms with E-state index in [9.17, 15) is 0 Å². The highest BCUT2D eigenvalue weighted by Gasteiger charge is 2.11. The quantitative estimate of drug-likeness (QED) is 0.585. The van der Waals surface area contributed by atoms with Crippen molar-refractivity contribution in [3.63, 3.8) is 0 Å². The normalized spacial score (nSPS) is 13.8. The zero-order valence-corrected chi connectivity index (χ0v) is 6.73. The van der Waals surface area contributed by atoms with Crippen LogP contribution in [0.25, 0.3) is 0 Å². The van der Waals surface area contributed by atoms with Gasteiger partial charge in [-0.25, -0.2) is 0 Å². The molecule has 1 aromatic carbocycles. The van der Waals surface area contributed by atoms with Crippen LogP contribution in [0.2, 0.25) is 0 Å². The molecule has 0 N–H and O–H groups in total. The molecule has 0 unspecified atom stereocenters. The molecule has 1 aromatic rings. The van der Waals surface area contributed by atoms with Gasteiger partial charge in [0, 0.05) is 17.4 Å². The summed E-state index contributed by atoms with van der Waals surface area (Å²) in [5.41, 5.74) is 2.23. The van der Waals surface area contributed by atoms with Crippen LogP contribution in [0.15, 0.2) is 18.2 Å². The summed E-state index contributed by atoms with van der Waals surface area (Å²) in [5.74, 6) is 0.964. The van der Waals surface area contributed by atoms with Crippen molar-refractivity contribution < 1.29 is 4.74 Å². The van der Waals surface area contributed by atoms with E-state index >= 15 is 0 Å². The topological polar surface area (TPSA) is 9.23 Å². The molecule has 1 heterocycles. The number of hydrogen-bond acceptors (Lipinski definition) is 2. The van der Waals surface area contributed by atoms with Gasteiger partial charge < -0.3 is 4.74 Å². The van der Waals surface area contributed by atoms with E-state index in [0.29, 0.717) is 6.61 Å². The van der Waals surface area contributed by atoms with E-state index in [4.69, 9.17) is 17.0 Å².